The molecule has 1 rings (SSSR count). The van der Waals surface area contributed by atoms with Gasteiger partial charge in [0.05, 0.1) is 11.4 Å². The van der Waals surface area contributed by atoms with E-state index in [2.05, 4.69) is 27.6 Å². The summed E-state index contributed by atoms with van der Waals surface area (Å²) in [4.78, 5) is 0. The molecule has 0 amide bonds. The molecule has 4 heteroatoms. The molecule has 4 nitrogen and oxygen atoms in total. The molecule has 0 aromatic carbocycles. The van der Waals surface area contributed by atoms with E-state index in [1.807, 2.05) is 21.0 Å². The standard InChI is InChI=1S/C16H30N4/c1-13-8-7-10-15(12-13)9-5-6-11-16(20-18-4)14(2)19-17-3/h15,17-18H,1,5-12H2,2-4H3/b19-14+,20-16+. The van der Waals surface area contributed by atoms with Crippen molar-refractivity contribution in [2.75, 3.05) is 14.1 Å². The maximum Gasteiger partial charge on any atom is 0.0832 e. The predicted octanol–water partition coefficient (Wildman–Crippen LogP) is 3.46. The van der Waals surface area contributed by atoms with Gasteiger partial charge in [0.25, 0.3) is 0 Å². The maximum absolute atomic E-state index is 4.32. The fraction of sp³-hybridized carbons (Fsp3) is 0.750. The van der Waals surface area contributed by atoms with Crippen LogP contribution < -0.4 is 10.9 Å². The highest BCUT2D eigenvalue weighted by molar-refractivity contribution is 6.41. The molecule has 1 saturated carbocycles. The van der Waals surface area contributed by atoms with Crippen LogP contribution in [-0.4, -0.2) is 25.5 Å². The van der Waals surface area contributed by atoms with Crippen LogP contribution in [0.1, 0.15) is 58.3 Å². The first kappa shape index (κ1) is 16.7. The first-order valence-electron chi connectivity index (χ1n) is 7.78. The second kappa shape index (κ2) is 9.56. The molecule has 1 aliphatic carbocycles. The fourth-order valence-electron chi connectivity index (χ4n) is 2.91. The number of allylic oxidation sites excluding steroid dienone is 1. The summed E-state index contributed by atoms with van der Waals surface area (Å²) in [5, 5.41) is 8.53. The molecule has 20 heavy (non-hydrogen) atoms. The van der Waals surface area contributed by atoms with Gasteiger partial charge in [0.1, 0.15) is 0 Å². The average molecular weight is 278 g/mol. The van der Waals surface area contributed by atoms with Gasteiger partial charge in [-0.1, -0.05) is 25.0 Å². The smallest absolute Gasteiger partial charge is 0.0832 e. The van der Waals surface area contributed by atoms with Gasteiger partial charge < -0.3 is 10.9 Å². The molecule has 0 aromatic heterocycles. The van der Waals surface area contributed by atoms with Crippen molar-refractivity contribution in [3.05, 3.63) is 12.2 Å². The highest BCUT2D eigenvalue weighted by Crippen LogP contribution is 2.30. The lowest BCUT2D eigenvalue weighted by molar-refractivity contribution is 0.381. The van der Waals surface area contributed by atoms with E-state index in [-0.39, 0.29) is 0 Å². The Morgan fingerprint density at radius 3 is 2.65 bits per heavy atom. The molecule has 1 fully saturated rings. The molecule has 1 atom stereocenters. The van der Waals surface area contributed by atoms with E-state index >= 15 is 0 Å². The van der Waals surface area contributed by atoms with Crippen molar-refractivity contribution in [3.8, 4) is 0 Å². The van der Waals surface area contributed by atoms with Crippen LogP contribution in [0.3, 0.4) is 0 Å². The van der Waals surface area contributed by atoms with Gasteiger partial charge in [0, 0.05) is 14.1 Å². The van der Waals surface area contributed by atoms with Gasteiger partial charge in [-0.3, -0.25) is 0 Å². The second-order valence-corrected chi connectivity index (χ2v) is 5.66. The van der Waals surface area contributed by atoms with Crippen LogP contribution in [0.2, 0.25) is 0 Å². The molecular weight excluding hydrogens is 248 g/mol. The highest BCUT2D eigenvalue weighted by Gasteiger charge is 2.15. The van der Waals surface area contributed by atoms with Crippen molar-refractivity contribution < 1.29 is 0 Å². The first-order chi connectivity index (χ1) is 9.67. The third kappa shape index (κ3) is 6.22. The number of unbranched alkanes of at least 4 members (excludes halogenated alkanes) is 1. The zero-order valence-corrected chi connectivity index (χ0v) is 13.3. The van der Waals surface area contributed by atoms with Crippen LogP contribution in [0.25, 0.3) is 0 Å². The minimum atomic E-state index is 0.869. The molecule has 0 bridgehead atoms. The maximum atomic E-state index is 4.32. The third-order valence-corrected chi connectivity index (χ3v) is 3.94. The Kier molecular flexibility index (Phi) is 8.00. The Labute approximate surface area is 123 Å². The molecule has 0 radical (unpaired) electrons. The minimum absolute atomic E-state index is 0.869. The van der Waals surface area contributed by atoms with Gasteiger partial charge in [-0.05, 0) is 51.4 Å². The van der Waals surface area contributed by atoms with E-state index in [0.717, 1.165) is 23.8 Å². The highest BCUT2D eigenvalue weighted by atomic mass is 15.3. The number of hydrazone groups is 2. The molecule has 0 aromatic rings. The van der Waals surface area contributed by atoms with Crippen molar-refractivity contribution in [1.29, 1.82) is 0 Å². The van der Waals surface area contributed by atoms with Gasteiger partial charge in [-0.2, -0.15) is 10.2 Å². The number of nitrogens with one attached hydrogen (secondary N) is 2. The van der Waals surface area contributed by atoms with Gasteiger partial charge in [-0.15, -0.1) is 0 Å². The molecule has 1 aliphatic rings. The lowest BCUT2D eigenvalue weighted by Crippen LogP contribution is -2.17. The van der Waals surface area contributed by atoms with E-state index in [0.29, 0.717) is 0 Å². The molecule has 0 spiro atoms. The van der Waals surface area contributed by atoms with E-state index in [9.17, 15) is 0 Å². The van der Waals surface area contributed by atoms with Crippen molar-refractivity contribution >= 4 is 11.4 Å². The van der Waals surface area contributed by atoms with Crippen LogP contribution in [0, 0.1) is 5.92 Å². The Balaban J connectivity index is 2.29. The normalized spacial score (nSPS) is 20.9. The van der Waals surface area contributed by atoms with Crippen LogP contribution in [0.5, 0.6) is 0 Å². The summed E-state index contributed by atoms with van der Waals surface area (Å²) < 4.78 is 0. The summed E-state index contributed by atoms with van der Waals surface area (Å²) in [7, 11) is 3.65. The van der Waals surface area contributed by atoms with Gasteiger partial charge in [0.15, 0.2) is 0 Å². The zero-order valence-electron chi connectivity index (χ0n) is 13.3. The van der Waals surface area contributed by atoms with Crippen molar-refractivity contribution in [2.45, 2.75) is 58.3 Å². The Hall–Kier alpha value is -1.32. The molecular formula is C16H30N4. The number of hydrogen-bond donors (Lipinski definition) is 2. The van der Waals surface area contributed by atoms with Crippen LogP contribution in [0.15, 0.2) is 22.4 Å². The minimum Gasteiger partial charge on any atom is -0.313 e. The van der Waals surface area contributed by atoms with Crippen molar-refractivity contribution in [3.63, 3.8) is 0 Å². The van der Waals surface area contributed by atoms with Gasteiger partial charge in [0.2, 0.25) is 0 Å². The summed E-state index contributed by atoms with van der Waals surface area (Å²) in [5.74, 6) is 0.869. The summed E-state index contributed by atoms with van der Waals surface area (Å²) in [6.07, 6.45) is 9.99. The van der Waals surface area contributed by atoms with Crippen LogP contribution in [0.4, 0.5) is 0 Å². The molecule has 2 N–H and O–H groups in total. The second-order valence-electron chi connectivity index (χ2n) is 5.66. The summed E-state index contributed by atoms with van der Waals surface area (Å²) in [5.41, 5.74) is 9.16. The number of hydrogen-bond acceptors (Lipinski definition) is 4. The van der Waals surface area contributed by atoms with Crippen LogP contribution in [-0.2, 0) is 0 Å². The molecule has 0 heterocycles. The Bertz CT molecular complexity index is 357. The SMILES string of the molecule is C=C1CCCC(CCCCC(=N\NC)/C(C)=N/NC)C1. The van der Waals surface area contributed by atoms with Gasteiger partial charge >= 0.3 is 0 Å². The van der Waals surface area contributed by atoms with E-state index in [1.54, 1.807) is 0 Å². The summed E-state index contributed by atoms with van der Waals surface area (Å²) in [6, 6.07) is 0. The lowest BCUT2D eigenvalue weighted by atomic mass is 9.83. The van der Waals surface area contributed by atoms with Crippen molar-refractivity contribution in [1.82, 2.24) is 10.9 Å². The van der Waals surface area contributed by atoms with Crippen LogP contribution >= 0.6 is 0 Å². The quantitative estimate of drug-likeness (QED) is 0.309. The van der Waals surface area contributed by atoms with Crippen molar-refractivity contribution in [2.24, 2.45) is 16.1 Å². The first-order valence-corrected chi connectivity index (χ1v) is 7.78. The Morgan fingerprint density at radius 1 is 1.25 bits per heavy atom. The predicted molar refractivity (Wildman–Crippen MR) is 88.2 cm³/mol. The zero-order chi connectivity index (χ0) is 14.8. The van der Waals surface area contributed by atoms with E-state index in [1.165, 1.54) is 50.5 Å². The summed E-state index contributed by atoms with van der Waals surface area (Å²) >= 11 is 0. The third-order valence-electron chi connectivity index (χ3n) is 3.94. The monoisotopic (exact) mass is 278 g/mol. The van der Waals surface area contributed by atoms with E-state index in [4.69, 9.17) is 0 Å². The molecule has 0 saturated heterocycles. The Morgan fingerprint density at radius 2 is 2.00 bits per heavy atom. The molecule has 0 aliphatic heterocycles. The molecule has 1 unspecified atom stereocenters. The molecule has 114 valence electrons. The number of rotatable bonds is 8. The lowest BCUT2D eigenvalue weighted by Gasteiger charge is -2.23. The summed E-state index contributed by atoms with van der Waals surface area (Å²) in [6.45, 7) is 6.14. The average Bonchev–Trinajstić information content (AvgIpc) is 2.42. The van der Waals surface area contributed by atoms with E-state index < -0.39 is 0 Å². The largest absolute Gasteiger partial charge is 0.313 e. The topological polar surface area (TPSA) is 48.8 Å². The number of nitrogens with zero attached hydrogens (tertiary/aromatic N) is 2. The fourth-order valence-corrected chi connectivity index (χ4v) is 2.91. The van der Waals surface area contributed by atoms with Gasteiger partial charge in [-0.25, -0.2) is 0 Å².